The van der Waals surface area contributed by atoms with E-state index in [2.05, 4.69) is 133 Å². The molecule has 0 fully saturated rings. The Bertz CT molecular complexity index is 1350. The lowest BCUT2D eigenvalue weighted by molar-refractivity contribution is -0.0000143. The van der Waals surface area contributed by atoms with Crippen molar-refractivity contribution in [2.24, 2.45) is 0 Å². The largest absolute Gasteiger partial charge is 1.00 e. The Morgan fingerprint density at radius 2 is 1.02 bits per heavy atom. The van der Waals surface area contributed by atoms with E-state index in [-0.39, 0.29) is 17.0 Å². The maximum Gasteiger partial charge on any atom is 0.151 e. The minimum absolute atomic E-state index is 0. The summed E-state index contributed by atoms with van der Waals surface area (Å²) in [5, 5.41) is 5.20. The van der Waals surface area contributed by atoms with E-state index in [1.165, 1.54) is 15.9 Å². The van der Waals surface area contributed by atoms with Crippen LogP contribution in [0.4, 0.5) is 0 Å². The maximum atomic E-state index is 10.1. The van der Waals surface area contributed by atoms with Crippen molar-refractivity contribution in [3.8, 4) is 0 Å². The first-order chi connectivity index (χ1) is 19.5. The Hall–Kier alpha value is -2.76. The highest BCUT2D eigenvalue weighted by Crippen LogP contribution is 2.56. The van der Waals surface area contributed by atoms with Gasteiger partial charge in [-0.1, -0.05) is 76.6 Å². The van der Waals surface area contributed by atoms with Crippen LogP contribution in [0.25, 0.3) is 6.08 Å². The average molecular weight is 755 g/mol. The summed E-state index contributed by atoms with van der Waals surface area (Å²) in [6.45, 7) is 3.86. The first kappa shape index (κ1) is 34.4. The van der Waals surface area contributed by atoms with Gasteiger partial charge in [0.15, 0.2) is 6.29 Å². The molecule has 0 bridgehead atoms. The summed E-state index contributed by atoms with van der Waals surface area (Å²) in [7, 11) is -1.62. The number of halogens is 3. The van der Waals surface area contributed by atoms with Gasteiger partial charge in [-0.25, -0.2) is 0 Å². The number of carbonyl (C=O) groups excluding carboxylic acids is 1. The quantitative estimate of drug-likeness (QED) is 0.135. The van der Waals surface area contributed by atoms with Crippen molar-refractivity contribution in [3.05, 3.63) is 155 Å². The van der Waals surface area contributed by atoms with E-state index in [0.29, 0.717) is 5.56 Å². The molecule has 0 radical (unpaired) electrons. The second-order valence-electron chi connectivity index (χ2n) is 8.81. The van der Waals surface area contributed by atoms with E-state index >= 15 is 0 Å². The van der Waals surface area contributed by atoms with Crippen molar-refractivity contribution in [3.63, 3.8) is 0 Å². The van der Waals surface area contributed by atoms with Crippen LogP contribution >= 0.6 is 39.1 Å². The van der Waals surface area contributed by atoms with E-state index in [1.54, 1.807) is 12.3 Å². The van der Waals surface area contributed by atoms with E-state index in [4.69, 9.17) is 0 Å². The molecule has 5 rings (SSSR count). The molecule has 0 aliphatic heterocycles. The number of nitrogens with zero attached hydrogens (tertiary/aromatic N) is 2. The van der Waals surface area contributed by atoms with Crippen molar-refractivity contribution in [1.29, 1.82) is 0 Å². The van der Waals surface area contributed by atoms with Gasteiger partial charge in [-0.05, 0) is 101 Å². The van der Waals surface area contributed by atoms with E-state index in [9.17, 15) is 4.79 Å². The smallest absolute Gasteiger partial charge is 0.151 e. The van der Waals surface area contributed by atoms with Gasteiger partial charge in [0.1, 0.15) is 28.2 Å². The zero-order valence-corrected chi connectivity index (χ0v) is 28.6. The van der Waals surface area contributed by atoms with Gasteiger partial charge in [0.05, 0.1) is 0 Å². The summed E-state index contributed by atoms with van der Waals surface area (Å²) in [4.78, 5) is 19.9. The predicted molar refractivity (Wildman–Crippen MR) is 180 cm³/mol. The van der Waals surface area contributed by atoms with Crippen molar-refractivity contribution >= 4 is 67.4 Å². The monoisotopic (exact) mass is 752 g/mol. The molecule has 0 spiro atoms. The first-order valence-electron chi connectivity index (χ1n) is 12.7. The predicted octanol–water partition coefficient (Wildman–Crippen LogP) is 5.30. The lowest BCUT2D eigenvalue weighted by Gasteiger charge is -2.25. The van der Waals surface area contributed by atoms with Gasteiger partial charge in [-0.2, -0.15) is 0 Å². The molecule has 0 saturated heterocycles. The van der Waals surface area contributed by atoms with Gasteiger partial charge in [-0.3, -0.25) is 14.8 Å². The third kappa shape index (κ3) is 10.2. The molecule has 0 N–H and O–H groups in total. The SMILES string of the molecule is BrC[P+](c1ccccc1)(c1ccccc1)c1ccccc1.Cc1ccc(/C=C\Br)cn1.Cc1ccc(C=O)cn1.[Br-]. The molecule has 41 heavy (non-hydrogen) atoms. The van der Waals surface area contributed by atoms with Crippen LogP contribution in [0, 0.1) is 13.8 Å². The molecule has 210 valence electrons. The zero-order chi connectivity index (χ0) is 28.6. The fourth-order valence-electron chi connectivity index (χ4n) is 3.90. The summed E-state index contributed by atoms with van der Waals surface area (Å²) in [6, 6.07) is 40.2. The molecule has 0 amide bonds. The van der Waals surface area contributed by atoms with Crippen LogP contribution < -0.4 is 32.9 Å². The number of hydrogen-bond acceptors (Lipinski definition) is 3. The van der Waals surface area contributed by atoms with Crippen LogP contribution in [0.3, 0.4) is 0 Å². The van der Waals surface area contributed by atoms with Crippen LogP contribution in [-0.4, -0.2) is 21.3 Å². The number of aldehydes is 1. The minimum atomic E-state index is -1.62. The third-order valence-electron chi connectivity index (χ3n) is 6.03. The van der Waals surface area contributed by atoms with E-state index in [0.717, 1.165) is 28.3 Å². The molecule has 0 atom stereocenters. The fraction of sp³-hybridized carbons (Fsp3) is 0.0882. The van der Waals surface area contributed by atoms with Gasteiger partial charge in [-0.15, -0.1) is 0 Å². The molecule has 0 aliphatic rings. The average Bonchev–Trinajstić information content (AvgIpc) is 3.02. The molecule has 5 aromatic rings. The van der Waals surface area contributed by atoms with Crippen molar-refractivity contribution < 1.29 is 21.8 Å². The Morgan fingerprint density at radius 3 is 1.32 bits per heavy atom. The molecule has 3 nitrogen and oxygen atoms in total. The molecule has 2 heterocycles. The van der Waals surface area contributed by atoms with Gasteiger partial charge < -0.3 is 17.0 Å². The Balaban J connectivity index is 0.000000246. The Kier molecular flexibility index (Phi) is 15.6. The molecule has 7 heteroatoms. The van der Waals surface area contributed by atoms with Crippen molar-refractivity contribution in [2.45, 2.75) is 13.8 Å². The lowest BCUT2D eigenvalue weighted by atomic mass is 10.2. The van der Waals surface area contributed by atoms with Crippen LogP contribution in [0.2, 0.25) is 0 Å². The van der Waals surface area contributed by atoms with Gasteiger partial charge in [0.25, 0.3) is 0 Å². The van der Waals surface area contributed by atoms with Gasteiger partial charge in [0, 0.05) is 29.3 Å². The Labute approximate surface area is 271 Å². The summed E-state index contributed by atoms with van der Waals surface area (Å²) in [5.74, 6) is 0. The summed E-state index contributed by atoms with van der Waals surface area (Å²) >= 11 is 7.03. The molecule has 3 aromatic carbocycles. The number of rotatable bonds is 6. The number of aromatic nitrogens is 2. The summed E-state index contributed by atoms with van der Waals surface area (Å²) < 4.78 is 0. The molecular weight excluding hydrogens is 723 g/mol. The van der Waals surface area contributed by atoms with Crippen LogP contribution in [-0.2, 0) is 0 Å². The van der Waals surface area contributed by atoms with Gasteiger partial charge in [0.2, 0.25) is 0 Å². The number of carbonyl (C=O) groups is 1. The third-order valence-corrected chi connectivity index (χ3v) is 12.4. The second kappa shape index (κ2) is 18.6. The zero-order valence-electron chi connectivity index (χ0n) is 22.9. The highest BCUT2D eigenvalue weighted by atomic mass is 79.9. The van der Waals surface area contributed by atoms with Crippen LogP contribution in [0.1, 0.15) is 27.3 Å². The fourth-order valence-corrected chi connectivity index (χ4v) is 10.2. The number of pyridine rings is 2. The lowest BCUT2D eigenvalue weighted by Crippen LogP contribution is -3.00. The number of benzene rings is 3. The molecule has 2 aromatic heterocycles. The number of hydrogen-bond donors (Lipinski definition) is 0. The topological polar surface area (TPSA) is 42.9 Å². The number of alkyl halides is 1. The summed E-state index contributed by atoms with van der Waals surface area (Å²) in [5.41, 5.74) is 3.72. The first-order valence-corrected chi connectivity index (χ1v) is 16.7. The maximum absolute atomic E-state index is 10.1. The van der Waals surface area contributed by atoms with E-state index < -0.39 is 7.26 Å². The highest BCUT2D eigenvalue weighted by molar-refractivity contribution is 9.11. The normalized spacial score (nSPS) is 10.3. The molecule has 0 saturated carbocycles. The molecule has 0 aliphatic carbocycles. The standard InChI is InChI=1S/C19H17BrP.C8H8BrN.C7H7NO.BrH/c20-16-21(17-10-4-1-5-11-17,18-12-6-2-7-13-18)19-14-8-3-9-15-19;1-7-2-3-8(4-5-9)6-10-7;1-6-2-3-7(5-9)4-8-6;/h1-15H,16H2;2-6H,1H3;2-5H,1H3;1H/q+1;;;/p-1/b;5-4-;;. The summed E-state index contributed by atoms with van der Waals surface area (Å²) in [6.07, 6.45) is 6.13. The van der Waals surface area contributed by atoms with Crippen molar-refractivity contribution in [1.82, 2.24) is 9.97 Å². The van der Waals surface area contributed by atoms with Crippen LogP contribution in [0.15, 0.2) is 133 Å². The molecule has 0 unspecified atom stereocenters. The van der Waals surface area contributed by atoms with Crippen LogP contribution in [0.5, 0.6) is 0 Å². The van der Waals surface area contributed by atoms with Gasteiger partial charge >= 0.3 is 0 Å². The molecular formula is C34H32Br3N2OP. The highest BCUT2D eigenvalue weighted by Gasteiger charge is 2.44. The van der Waals surface area contributed by atoms with Crippen molar-refractivity contribution in [2.75, 3.05) is 5.07 Å². The van der Waals surface area contributed by atoms with E-state index in [1.807, 2.05) is 49.3 Å². The second-order valence-corrected chi connectivity index (χ2v) is 14.3. The minimum Gasteiger partial charge on any atom is -1.00 e. The number of aryl methyl sites for hydroxylation is 2. The Morgan fingerprint density at radius 1 is 0.634 bits per heavy atom.